The molecule has 0 radical (unpaired) electrons. The molecule has 0 aliphatic heterocycles. The van der Waals surface area contributed by atoms with Gasteiger partial charge in [0.15, 0.2) is 0 Å². The number of rotatable bonds is 5. The van der Waals surface area contributed by atoms with Gasteiger partial charge in [0.25, 0.3) is 0 Å². The third kappa shape index (κ3) is 5.67. The van der Waals surface area contributed by atoms with Crippen molar-refractivity contribution in [2.75, 3.05) is 0 Å². The lowest BCUT2D eigenvalue weighted by molar-refractivity contribution is 0.0697. The number of aliphatic hydroxyl groups excluding tert-OH is 1. The number of fused-ring (bicyclic) bond motifs is 1. The summed E-state index contributed by atoms with van der Waals surface area (Å²) in [7, 11) is 0. The monoisotopic (exact) mass is 502 g/mol. The van der Waals surface area contributed by atoms with Gasteiger partial charge < -0.3 is 10.2 Å². The topological polar surface area (TPSA) is 57.5 Å². The predicted molar refractivity (Wildman–Crippen MR) is 143 cm³/mol. The molecule has 0 bridgehead atoms. The van der Waals surface area contributed by atoms with Gasteiger partial charge in [-0.3, -0.25) is 0 Å². The van der Waals surface area contributed by atoms with Crippen molar-refractivity contribution in [1.82, 2.24) is 0 Å². The fourth-order valence-corrected chi connectivity index (χ4v) is 5.96. The van der Waals surface area contributed by atoms with Crippen LogP contribution in [0.3, 0.4) is 0 Å². The number of halogens is 1. The van der Waals surface area contributed by atoms with Crippen LogP contribution in [0.2, 0.25) is 0 Å². The Morgan fingerprint density at radius 3 is 2.28 bits per heavy atom. The van der Waals surface area contributed by atoms with E-state index < -0.39 is 12.1 Å². The fourth-order valence-electron chi connectivity index (χ4n) is 4.70. The number of benzene rings is 3. The molecule has 1 aliphatic rings. The van der Waals surface area contributed by atoms with Gasteiger partial charge in [-0.1, -0.05) is 57.7 Å². The number of hydrogen-bond acceptors (Lipinski definition) is 3. The molecule has 0 aromatic heterocycles. The molecule has 0 heterocycles. The average molecular weight is 503 g/mol. The Bertz CT molecular complexity index is 1330. The zero-order valence-corrected chi connectivity index (χ0v) is 21.9. The number of hydrogen-bond donors (Lipinski definition) is 2. The molecular weight excluding hydrogens is 471 g/mol. The molecule has 1 atom stereocenters. The van der Waals surface area contributed by atoms with Gasteiger partial charge in [0.1, 0.15) is 11.9 Å². The average Bonchev–Trinajstić information content (AvgIpc) is 2.85. The standard InChI is InChI=1S/C31H31FO3S/c1-30(2)15-16-31(3,4)28-25(30)17-23(18-27(28)36-19-21-7-12-24(32)13-8-21)26(33)14-9-20-5-10-22(11-6-20)29(34)35/h5-8,10-13,17-18,26,33H,15-16,19H2,1-4H3,(H,34,35). The van der Waals surface area contributed by atoms with Crippen molar-refractivity contribution in [2.45, 2.75) is 68.1 Å². The molecular formula is C31H31FO3S. The first-order valence-electron chi connectivity index (χ1n) is 12.1. The van der Waals surface area contributed by atoms with E-state index in [0.717, 1.165) is 28.9 Å². The number of carboxylic acid groups (broad SMARTS) is 1. The molecule has 4 rings (SSSR count). The molecule has 1 unspecified atom stereocenters. The van der Waals surface area contributed by atoms with Gasteiger partial charge in [0, 0.05) is 16.2 Å². The normalized spacial score (nSPS) is 16.4. The molecule has 186 valence electrons. The van der Waals surface area contributed by atoms with Crippen molar-refractivity contribution in [3.63, 3.8) is 0 Å². The second kappa shape index (κ2) is 10.1. The molecule has 3 nitrogen and oxygen atoms in total. The molecule has 0 saturated carbocycles. The minimum atomic E-state index is -0.986. The summed E-state index contributed by atoms with van der Waals surface area (Å²) in [5.41, 5.74) is 5.15. The van der Waals surface area contributed by atoms with Crippen LogP contribution >= 0.6 is 11.8 Å². The van der Waals surface area contributed by atoms with Crippen LogP contribution in [0.25, 0.3) is 0 Å². The Balaban J connectivity index is 1.71. The summed E-state index contributed by atoms with van der Waals surface area (Å²) in [5, 5.41) is 20.1. The summed E-state index contributed by atoms with van der Waals surface area (Å²) in [6.07, 6.45) is 1.14. The lowest BCUT2D eigenvalue weighted by Gasteiger charge is -2.43. The lowest BCUT2D eigenvalue weighted by atomic mass is 9.63. The van der Waals surface area contributed by atoms with Gasteiger partial charge in [-0.15, -0.1) is 11.8 Å². The number of aromatic carboxylic acids is 1. The van der Waals surface area contributed by atoms with Crippen LogP contribution in [-0.2, 0) is 16.6 Å². The predicted octanol–water partition coefficient (Wildman–Crippen LogP) is 7.25. The van der Waals surface area contributed by atoms with Crippen LogP contribution < -0.4 is 0 Å². The van der Waals surface area contributed by atoms with Crippen molar-refractivity contribution in [1.29, 1.82) is 0 Å². The molecule has 0 saturated heterocycles. The Kier molecular flexibility index (Phi) is 7.31. The molecule has 1 aliphatic carbocycles. The molecule has 3 aromatic rings. The first kappa shape index (κ1) is 26.0. The molecule has 0 spiro atoms. The van der Waals surface area contributed by atoms with Crippen LogP contribution in [0.4, 0.5) is 4.39 Å². The van der Waals surface area contributed by atoms with E-state index in [1.165, 1.54) is 35.4 Å². The minimum Gasteiger partial charge on any atom is -0.478 e. The van der Waals surface area contributed by atoms with Crippen molar-refractivity contribution < 1.29 is 19.4 Å². The highest BCUT2D eigenvalue weighted by Crippen LogP contribution is 2.50. The first-order chi connectivity index (χ1) is 17.0. The largest absolute Gasteiger partial charge is 0.478 e. The third-order valence-electron chi connectivity index (χ3n) is 7.01. The van der Waals surface area contributed by atoms with Gasteiger partial charge in [0.2, 0.25) is 0 Å². The zero-order valence-electron chi connectivity index (χ0n) is 21.1. The number of thioether (sulfide) groups is 1. The van der Waals surface area contributed by atoms with E-state index >= 15 is 0 Å². The molecule has 0 amide bonds. The highest BCUT2D eigenvalue weighted by Gasteiger charge is 2.39. The molecule has 5 heteroatoms. The number of carboxylic acids is 1. The van der Waals surface area contributed by atoms with Crippen molar-refractivity contribution in [3.05, 3.63) is 99.9 Å². The van der Waals surface area contributed by atoms with Crippen LogP contribution in [0.15, 0.2) is 65.6 Å². The SMILES string of the molecule is CC1(C)CCC(C)(C)c2c(SCc3ccc(F)cc3)cc(C(O)C#Cc3ccc(C(=O)O)cc3)cc21. The van der Waals surface area contributed by atoms with Gasteiger partial charge in [0.05, 0.1) is 5.56 Å². The quantitative estimate of drug-likeness (QED) is 0.285. The van der Waals surface area contributed by atoms with Crippen LogP contribution in [-0.4, -0.2) is 16.2 Å². The van der Waals surface area contributed by atoms with E-state index in [-0.39, 0.29) is 22.2 Å². The number of aliphatic hydroxyl groups is 1. The van der Waals surface area contributed by atoms with E-state index in [0.29, 0.717) is 11.3 Å². The zero-order chi connectivity index (χ0) is 26.1. The fraction of sp³-hybridized carbons (Fsp3) is 0.323. The van der Waals surface area contributed by atoms with Crippen molar-refractivity contribution >= 4 is 17.7 Å². The van der Waals surface area contributed by atoms with E-state index in [2.05, 4.69) is 45.6 Å². The summed E-state index contributed by atoms with van der Waals surface area (Å²) < 4.78 is 13.4. The van der Waals surface area contributed by atoms with Crippen LogP contribution in [0.1, 0.15) is 84.8 Å². The summed E-state index contributed by atoms with van der Waals surface area (Å²) in [6, 6.07) is 17.0. The smallest absolute Gasteiger partial charge is 0.335 e. The van der Waals surface area contributed by atoms with E-state index in [1.807, 2.05) is 18.2 Å². The molecule has 2 N–H and O–H groups in total. The summed E-state index contributed by atoms with van der Waals surface area (Å²) >= 11 is 1.71. The maximum Gasteiger partial charge on any atom is 0.335 e. The van der Waals surface area contributed by atoms with Gasteiger partial charge in [-0.05, 0) is 88.4 Å². The number of carbonyl (C=O) groups is 1. The first-order valence-corrected chi connectivity index (χ1v) is 13.0. The summed E-state index contributed by atoms with van der Waals surface area (Å²) in [5.74, 6) is 5.37. The Morgan fingerprint density at radius 2 is 1.64 bits per heavy atom. The van der Waals surface area contributed by atoms with E-state index in [4.69, 9.17) is 5.11 Å². The summed E-state index contributed by atoms with van der Waals surface area (Å²) in [6.45, 7) is 9.06. The Labute approximate surface area is 216 Å². The van der Waals surface area contributed by atoms with E-state index in [9.17, 15) is 14.3 Å². The Hall–Kier alpha value is -3.07. The highest BCUT2D eigenvalue weighted by atomic mass is 32.2. The van der Waals surface area contributed by atoms with Crippen LogP contribution in [0, 0.1) is 17.7 Å². The van der Waals surface area contributed by atoms with Crippen molar-refractivity contribution in [3.8, 4) is 11.8 Å². The highest BCUT2D eigenvalue weighted by molar-refractivity contribution is 7.98. The summed E-state index contributed by atoms with van der Waals surface area (Å²) in [4.78, 5) is 12.2. The van der Waals surface area contributed by atoms with E-state index in [1.54, 1.807) is 23.9 Å². The van der Waals surface area contributed by atoms with Crippen LogP contribution in [0.5, 0.6) is 0 Å². The van der Waals surface area contributed by atoms with Gasteiger partial charge in [-0.2, -0.15) is 0 Å². The molecule has 0 fully saturated rings. The molecule has 3 aromatic carbocycles. The second-order valence-electron chi connectivity index (χ2n) is 10.7. The maximum atomic E-state index is 13.4. The van der Waals surface area contributed by atoms with Gasteiger partial charge in [-0.25, -0.2) is 9.18 Å². The maximum absolute atomic E-state index is 13.4. The van der Waals surface area contributed by atoms with Crippen molar-refractivity contribution in [2.24, 2.45) is 0 Å². The third-order valence-corrected chi connectivity index (χ3v) is 8.12. The minimum absolute atomic E-state index is 0.00295. The molecule has 36 heavy (non-hydrogen) atoms. The Morgan fingerprint density at radius 1 is 1.00 bits per heavy atom. The van der Waals surface area contributed by atoms with Gasteiger partial charge >= 0.3 is 5.97 Å². The lowest BCUT2D eigenvalue weighted by Crippen LogP contribution is -2.34. The second-order valence-corrected chi connectivity index (χ2v) is 11.7.